The van der Waals surface area contributed by atoms with Crippen LogP contribution in [0.5, 0.6) is 0 Å². The van der Waals surface area contributed by atoms with Crippen molar-refractivity contribution in [1.82, 2.24) is 10.2 Å². The highest BCUT2D eigenvalue weighted by atomic mass is 79.9. The molecule has 0 aromatic heterocycles. The Labute approximate surface area is 139 Å². The number of likely N-dealkylation sites (tertiary alicyclic amines) is 1. The maximum Gasteiger partial charge on any atom is 0.254 e. The van der Waals surface area contributed by atoms with Gasteiger partial charge in [0.1, 0.15) is 6.04 Å². The highest BCUT2D eigenvalue weighted by molar-refractivity contribution is 9.10. The first-order valence-electron chi connectivity index (χ1n) is 7.46. The number of methoxy groups -OCH3 is 1. The Morgan fingerprint density at radius 3 is 2.77 bits per heavy atom. The molecule has 5 nitrogen and oxygen atoms in total. The van der Waals surface area contributed by atoms with Gasteiger partial charge in [-0.1, -0.05) is 15.9 Å². The molecule has 2 rings (SSSR count). The molecule has 0 radical (unpaired) electrons. The Morgan fingerprint density at radius 1 is 1.36 bits per heavy atom. The molecule has 1 aliphatic heterocycles. The smallest absolute Gasteiger partial charge is 0.254 e. The maximum absolute atomic E-state index is 12.6. The number of benzene rings is 1. The van der Waals surface area contributed by atoms with Gasteiger partial charge in [0, 0.05) is 36.8 Å². The lowest BCUT2D eigenvalue weighted by Crippen LogP contribution is -2.46. The van der Waals surface area contributed by atoms with Crippen molar-refractivity contribution in [2.75, 3.05) is 26.8 Å². The molecule has 1 aliphatic rings. The zero-order valence-corrected chi connectivity index (χ0v) is 14.3. The van der Waals surface area contributed by atoms with Gasteiger partial charge in [-0.2, -0.15) is 0 Å². The van der Waals surface area contributed by atoms with E-state index in [4.69, 9.17) is 4.74 Å². The number of hydrogen-bond acceptors (Lipinski definition) is 3. The Morgan fingerprint density at radius 2 is 2.09 bits per heavy atom. The van der Waals surface area contributed by atoms with Gasteiger partial charge in [-0.3, -0.25) is 9.59 Å². The van der Waals surface area contributed by atoms with Crippen molar-refractivity contribution in [3.05, 3.63) is 34.3 Å². The van der Waals surface area contributed by atoms with Crippen molar-refractivity contribution < 1.29 is 14.3 Å². The van der Waals surface area contributed by atoms with Gasteiger partial charge in [-0.15, -0.1) is 0 Å². The normalized spacial score (nSPS) is 17.5. The number of nitrogens with zero attached hydrogens (tertiary/aromatic N) is 1. The molecule has 1 atom stereocenters. The molecule has 1 fully saturated rings. The first kappa shape index (κ1) is 17.0. The molecule has 1 unspecified atom stereocenters. The maximum atomic E-state index is 12.6. The second-order valence-corrected chi connectivity index (χ2v) is 6.22. The van der Waals surface area contributed by atoms with Gasteiger partial charge < -0.3 is 15.0 Å². The Kier molecular flexibility index (Phi) is 6.39. The number of hydrogen-bond donors (Lipinski definition) is 1. The molecule has 120 valence electrons. The minimum Gasteiger partial charge on any atom is -0.385 e. The first-order valence-corrected chi connectivity index (χ1v) is 8.26. The highest BCUT2D eigenvalue weighted by Gasteiger charge is 2.34. The minimum absolute atomic E-state index is 0.0703. The van der Waals surface area contributed by atoms with Crippen LogP contribution in [0, 0.1) is 0 Å². The van der Waals surface area contributed by atoms with Crippen molar-refractivity contribution in [2.45, 2.75) is 25.3 Å². The predicted octanol–water partition coefficient (Wildman–Crippen LogP) is 2.21. The van der Waals surface area contributed by atoms with E-state index in [1.54, 1.807) is 24.1 Å². The number of carbonyl (C=O) groups excluding carboxylic acids is 2. The van der Waals surface area contributed by atoms with E-state index in [0.29, 0.717) is 25.3 Å². The fourth-order valence-corrected chi connectivity index (χ4v) is 2.85. The van der Waals surface area contributed by atoms with Gasteiger partial charge in [0.25, 0.3) is 5.91 Å². The molecular formula is C16H21BrN2O3. The molecule has 6 heteroatoms. The summed E-state index contributed by atoms with van der Waals surface area (Å²) in [6.45, 7) is 1.82. The summed E-state index contributed by atoms with van der Waals surface area (Å²) in [6.07, 6.45) is 2.35. The molecule has 2 amide bonds. The van der Waals surface area contributed by atoms with Gasteiger partial charge in [-0.25, -0.2) is 0 Å². The number of amides is 2. The Balaban J connectivity index is 1.96. The van der Waals surface area contributed by atoms with Crippen LogP contribution >= 0.6 is 15.9 Å². The van der Waals surface area contributed by atoms with E-state index in [-0.39, 0.29) is 17.9 Å². The van der Waals surface area contributed by atoms with Crippen LogP contribution < -0.4 is 5.32 Å². The first-order chi connectivity index (χ1) is 10.6. The second kappa shape index (κ2) is 8.29. The zero-order valence-electron chi connectivity index (χ0n) is 12.7. The molecule has 0 spiro atoms. The summed E-state index contributed by atoms with van der Waals surface area (Å²) in [4.78, 5) is 26.5. The van der Waals surface area contributed by atoms with Crippen LogP contribution in [0.4, 0.5) is 0 Å². The topological polar surface area (TPSA) is 58.6 Å². The van der Waals surface area contributed by atoms with Gasteiger partial charge in [0.2, 0.25) is 5.91 Å². The summed E-state index contributed by atoms with van der Waals surface area (Å²) < 4.78 is 5.88. The summed E-state index contributed by atoms with van der Waals surface area (Å²) >= 11 is 3.36. The molecule has 22 heavy (non-hydrogen) atoms. The average Bonchev–Trinajstić information content (AvgIpc) is 3.01. The van der Waals surface area contributed by atoms with E-state index in [1.807, 2.05) is 12.1 Å². The van der Waals surface area contributed by atoms with E-state index in [1.165, 1.54) is 0 Å². The van der Waals surface area contributed by atoms with Crippen molar-refractivity contribution in [2.24, 2.45) is 0 Å². The molecule has 1 heterocycles. The quantitative estimate of drug-likeness (QED) is 0.783. The fraction of sp³-hybridized carbons (Fsp3) is 0.500. The molecule has 1 saturated heterocycles. The highest BCUT2D eigenvalue weighted by Crippen LogP contribution is 2.21. The summed E-state index contributed by atoms with van der Waals surface area (Å²) in [5, 5.41) is 2.88. The van der Waals surface area contributed by atoms with Crippen LogP contribution in [0.2, 0.25) is 0 Å². The lowest BCUT2D eigenvalue weighted by Gasteiger charge is -2.24. The van der Waals surface area contributed by atoms with Gasteiger partial charge in [0.15, 0.2) is 0 Å². The molecule has 1 N–H and O–H groups in total. The van der Waals surface area contributed by atoms with Crippen LogP contribution in [0.1, 0.15) is 29.6 Å². The second-order valence-electron chi connectivity index (χ2n) is 5.30. The SMILES string of the molecule is COCCCNC(=O)C1CCCN1C(=O)c1ccc(Br)cc1. The van der Waals surface area contributed by atoms with Crippen molar-refractivity contribution >= 4 is 27.7 Å². The standard InChI is InChI=1S/C16H21BrN2O3/c1-22-11-3-9-18-15(20)14-4-2-10-19(14)16(21)12-5-7-13(17)8-6-12/h5-8,14H,2-4,9-11H2,1H3,(H,18,20). The van der Waals surface area contributed by atoms with E-state index in [0.717, 1.165) is 23.7 Å². The number of rotatable bonds is 6. The van der Waals surface area contributed by atoms with Crippen molar-refractivity contribution in [1.29, 1.82) is 0 Å². The monoisotopic (exact) mass is 368 g/mol. The third kappa shape index (κ3) is 4.30. The van der Waals surface area contributed by atoms with Crippen LogP contribution in [0.15, 0.2) is 28.7 Å². The Hall–Kier alpha value is -1.40. The van der Waals surface area contributed by atoms with Crippen molar-refractivity contribution in [3.63, 3.8) is 0 Å². The number of halogens is 1. The molecule has 1 aromatic rings. The van der Waals surface area contributed by atoms with E-state index in [2.05, 4.69) is 21.2 Å². The van der Waals surface area contributed by atoms with Crippen LogP contribution in [0.25, 0.3) is 0 Å². The summed E-state index contributed by atoms with van der Waals surface area (Å²) in [6, 6.07) is 6.86. The third-order valence-electron chi connectivity index (χ3n) is 3.73. The largest absolute Gasteiger partial charge is 0.385 e. The lowest BCUT2D eigenvalue weighted by molar-refractivity contribution is -0.124. The predicted molar refractivity (Wildman–Crippen MR) is 87.7 cm³/mol. The van der Waals surface area contributed by atoms with Crippen LogP contribution in [-0.4, -0.2) is 49.6 Å². The molecule has 0 saturated carbocycles. The Bertz CT molecular complexity index is 519. The number of nitrogens with one attached hydrogen (secondary N) is 1. The summed E-state index contributed by atoms with van der Waals surface area (Å²) in [5.74, 6) is -0.152. The van der Waals surface area contributed by atoms with E-state index in [9.17, 15) is 9.59 Å². The van der Waals surface area contributed by atoms with E-state index >= 15 is 0 Å². The fourth-order valence-electron chi connectivity index (χ4n) is 2.59. The van der Waals surface area contributed by atoms with Gasteiger partial charge in [0.05, 0.1) is 0 Å². The van der Waals surface area contributed by atoms with E-state index < -0.39 is 0 Å². The van der Waals surface area contributed by atoms with Gasteiger partial charge in [-0.05, 0) is 43.5 Å². The summed E-state index contributed by atoms with van der Waals surface area (Å²) in [5.41, 5.74) is 0.613. The van der Waals surface area contributed by atoms with Crippen LogP contribution in [0.3, 0.4) is 0 Å². The van der Waals surface area contributed by atoms with Crippen molar-refractivity contribution in [3.8, 4) is 0 Å². The molecule has 0 bridgehead atoms. The van der Waals surface area contributed by atoms with Gasteiger partial charge >= 0.3 is 0 Å². The van der Waals surface area contributed by atoms with Crippen LogP contribution in [-0.2, 0) is 9.53 Å². The molecule has 0 aliphatic carbocycles. The third-order valence-corrected chi connectivity index (χ3v) is 4.26. The number of carbonyl (C=O) groups is 2. The molecular weight excluding hydrogens is 348 g/mol. The molecule has 1 aromatic carbocycles. The minimum atomic E-state index is -0.362. The zero-order chi connectivity index (χ0) is 15.9. The summed E-state index contributed by atoms with van der Waals surface area (Å²) in [7, 11) is 1.64. The average molecular weight is 369 g/mol. The number of ether oxygens (including phenoxy) is 1. The lowest BCUT2D eigenvalue weighted by atomic mass is 10.1.